The second-order valence-corrected chi connectivity index (χ2v) is 9.13. The lowest BCUT2D eigenvalue weighted by molar-refractivity contribution is -0.140. The maximum Gasteiger partial charge on any atom is 0.243 e. The first-order valence-corrected chi connectivity index (χ1v) is 11.8. The number of nitrogens with zero attached hydrogens (tertiary/aromatic N) is 1. The number of benzene rings is 2. The summed E-state index contributed by atoms with van der Waals surface area (Å²) in [5.41, 5.74) is 14.6. The number of carbonyl (C=O) groups excluding carboxylic acids is 2. The molecule has 5 N–H and O–H groups in total. The standard InChI is InChI=1S/C26H34N4O2/c27-20-13-15-21(16-14-20)29-25(31)22-12-7-17-30(22)26(32)24(28)23(18-8-3-1-4-9-18)19-10-5-2-6-11-19/h1-6,8-11,20-24H,7,12-17,27-28H2,(H,29,31)/t20?,21?,22-,24+/m0/s1. The van der Waals surface area contributed by atoms with Crippen molar-refractivity contribution in [3.8, 4) is 0 Å². The van der Waals surface area contributed by atoms with Crippen LogP contribution in [0.15, 0.2) is 60.7 Å². The highest BCUT2D eigenvalue weighted by molar-refractivity contribution is 5.91. The molecule has 0 bridgehead atoms. The van der Waals surface area contributed by atoms with Gasteiger partial charge in [0.2, 0.25) is 11.8 Å². The number of hydrogen-bond acceptors (Lipinski definition) is 4. The van der Waals surface area contributed by atoms with Crippen molar-refractivity contribution in [1.82, 2.24) is 10.2 Å². The molecule has 1 saturated heterocycles. The molecule has 2 aliphatic rings. The maximum absolute atomic E-state index is 13.6. The van der Waals surface area contributed by atoms with Gasteiger partial charge >= 0.3 is 0 Å². The number of likely N-dealkylation sites (tertiary alicyclic amines) is 1. The number of nitrogens with one attached hydrogen (secondary N) is 1. The van der Waals surface area contributed by atoms with Crippen molar-refractivity contribution < 1.29 is 9.59 Å². The minimum absolute atomic E-state index is 0.0560. The third-order valence-corrected chi connectivity index (χ3v) is 6.92. The molecule has 1 heterocycles. The second-order valence-electron chi connectivity index (χ2n) is 9.13. The molecule has 170 valence electrons. The number of rotatable bonds is 6. The van der Waals surface area contributed by atoms with Crippen LogP contribution < -0.4 is 16.8 Å². The van der Waals surface area contributed by atoms with Crippen LogP contribution in [0.1, 0.15) is 55.6 Å². The Morgan fingerprint density at radius 1 is 0.875 bits per heavy atom. The Morgan fingerprint density at radius 2 is 1.44 bits per heavy atom. The Balaban J connectivity index is 1.50. The zero-order valence-corrected chi connectivity index (χ0v) is 18.5. The highest BCUT2D eigenvalue weighted by Gasteiger charge is 2.39. The fourth-order valence-electron chi connectivity index (χ4n) is 5.13. The molecule has 0 radical (unpaired) electrons. The van der Waals surface area contributed by atoms with E-state index in [2.05, 4.69) is 5.32 Å². The molecule has 6 heteroatoms. The first-order chi connectivity index (χ1) is 15.5. The van der Waals surface area contributed by atoms with Gasteiger partial charge in [-0.05, 0) is 49.7 Å². The minimum Gasteiger partial charge on any atom is -0.352 e. The predicted octanol–water partition coefficient (Wildman–Crippen LogP) is 2.52. The molecular weight excluding hydrogens is 400 g/mol. The maximum atomic E-state index is 13.6. The largest absolute Gasteiger partial charge is 0.352 e. The molecule has 1 aliphatic heterocycles. The van der Waals surface area contributed by atoms with Gasteiger partial charge in [-0.2, -0.15) is 0 Å². The topological polar surface area (TPSA) is 101 Å². The van der Waals surface area contributed by atoms with Crippen LogP contribution in [0, 0.1) is 0 Å². The molecule has 0 aromatic heterocycles. The van der Waals surface area contributed by atoms with Gasteiger partial charge in [0, 0.05) is 24.5 Å². The van der Waals surface area contributed by atoms with Gasteiger partial charge in [-0.3, -0.25) is 9.59 Å². The monoisotopic (exact) mass is 434 g/mol. The Labute approximate surface area is 190 Å². The summed E-state index contributed by atoms with van der Waals surface area (Å²) in [6.07, 6.45) is 5.15. The van der Waals surface area contributed by atoms with Crippen LogP contribution in [0.3, 0.4) is 0 Å². The van der Waals surface area contributed by atoms with Crippen molar-refractivity contribution in [1.29, 1.82) is 0 Å². The molecule has 32 heavy (non-hydrogen) atoms. The van der Waals surface area contributed by atoms with E-state index in [0.717, 1.165) is 43.2 Å². The number of carbonyl (C=O) groups is 2. The third kappa shape index (κ3) is 5.03. The molecule has 0 spiro atoms. The van der Waals surface area contributed by atoms with Crippen molar-refractivity contribution >= 4 is 11.8 Å². The summed E-state index contributed by atoms with van der Waals surface area (Å²) >= 11 is 0. The molecule has 2 amide bonds. The molecule has 4 rings (SSSR count). The van der Waals surface area contributed by atoms with Crippen molar-refractivity contribution in [2.45, 2.75) is 68.6 Å². The van der Waals surface area contributed by atoms with Crippen LogP contribution in [-0.2, 0) is 9.59 Å². The average Bonchev–Trinajstić information content (AvgIpc) is 3.32. The first-order valence-electron chi connectivity index (χ1n) is 11.8. The van der Waals surface area contributed by atoms with Gasteiger partial charge in [0.15, 0.2) is 0 Å². The molecule has 1 aliphatic carbocycles. The number of nitrogens with two attached hydrogens (primary N) is 2. The van der Waals surface area contributed by atoms with Crippen LogP contribution in [0.2, 0.25) is 0 Å². The summed E-state index contributed by atoms with van der Waals surface area (Å²) in [7, 11) is 0. The molecule has 2 aromatic rings. The van der Waals surface area contributed by atoms with Crippen LogP contribution >= 0.6 is 0 Å². The van der Waals surface area contributed by atoms with Gasteiger partial charge in [0.1, 0.15) is 6.04 Å². The Bertz CT molecular complexity index is 857. The van der Waals surface area contributed by atoms with Gasteiger partial charge in [-0.1, -0.05) is 60.7 Å². The van der Waals surface area contributed by atoms with E-state index in [0.29, 0.717) is 13.0 Å². The molecule has 2 atom stereocenters. The van der Waals surface area contributed by atoms with E-state index in [1.165, 1.54) is 0 Å². The summed E-state index contributed by atoms with van der Waals surface area (Å²) in [6.45, 7) is 0.566. The predicted molar refractivity (Wildman–Crippen MR) is 126 cm³/mol. The fourth-order valence-corrected chi connectivity index (χ4v) is 5.13. The van der Waals surface area contributed by atoms with E-state index in [9.17, 15) is 9.59 Å². The van der Waals surface area contributed by atoms with E-state index in [4.69, 9.17) is 11.5 Å². The molecule has 2 aromatic carbocycles. The third-order valence-electron chi connectivity index (χ3n) is 6.92. The molecule has 2 fully saturated rings. The zero-order valence-electron chi connectivity index (χ0n) is 18.5. The summed E-state index contributed by atoms with van der Waals surface area (Å²) in [6, 6.07) is 19.0. The summed E-state index contributed by atoms with van der Waals surface area (Å²) in [5.74, 6) is -0.487. The number of amides is 2. The smallest absolute Gasteiger partial charge is 0.243 e. The lowest BCUT2D eigenvalue weighted by atomic mass is 9.84. The van der Waals surface area contributed by atoms with E-state index >= 15 is 0 Å². The second kappa shape index (κ2) is 10.3. The quantitative estimate of drug-likeness (QED) is 0.650. The Hall–Kier alpha value is -2.70. The molecule has 1 saturated carbocycles. The van der Waals surface area contributed by atoms with Crippen molar-refractivity contribution in [2.24, 2.45) is 11.5 Å². The van der Waals surface area contributed by atoms with Crippen molar-refractivity contribution in [3.05, 3.63) is 71.8 Å². The van der Waals surface area contributed by atoms with Crippen LogP contribution in [-0.4, -0.2) is 47.4 Å². The van der Waals surface area contributed by atoms with Crippen molar-refractivity contribution in [2.75, 3.05) is 6.54 Å². The average molecular weight is 435 g/mol. The molecule has 0 unspecified atom stereocenters. The summed E-state index contributed by atoms with van der Waals surface area (Å²) < 4.78 is 0. The van der Waals surface area contributed by atoms with Gasteiger partial charge < -0.3 is 21.7 Å². The molecular formula is C26H34N4O2. The van der Waals surface area contributed by atoms with E-state index < -0.39 is 12.1 Å². The van der Waals surface area contributed by atoms with Crippen molar-refractivity contribution in [3.63, 3.8) is 0 Å². The summed E-state index contributed by atoms with van der Waals surface area (Å²) in [5, 5.41) is 3.17. The van der Waals surface area contributed by atoms with Gasteiger partial charge in [-0.15, -0.1) is 0 Å². The Morgan fingerprint density at radius 3 is 2.00 bits per heavy atom. The highest BCUT2D eigenvalue weighted by atomic mass is 16.2. The van der Waals surface area contributed by atoms with Crippen LogP contribution in [0.4, 0.5) is 0 Å². The lowest BCUT2D eigenvalue weighted by Gasteiger charge is -2.33. The van der Waals surface area contributed by atoms with Gasteiger partial charge in [0.25, 0.3) is 0 Å². The van der Waals surface area contributed by atoms with Crippen LogP contribution in [0.5, 0.6) is 0 Å². The summed E-state index contributed by atoms with van der Waals surface area (Å²) in [4.78, 5) is 28.4. The minimum atomic E-state index is -0.763. The SMILES string of the molecule is NC1CCC(NC(=O)[C@@H]2CCCN2C(=O)[C@H](N)C(c2ccccc2)c2ccccc2)CC1. The number of hydrogen-bond donors (Lipinski definition) is 3. The normalized spacial score (nSPS) is 24.3. The fraction of sp³-hybridized carbons (Fsp3) is 0.462. The zero-order chi connectivity index (χ0) is 22.5. The Kier molecular flexibility index (Phi) is 7.22. The van der Waals surface area contributed by atoms with E-state index in [1.807, 2.05) is 60.7 Å². The first kappa shape index (κ1) is 22.5. The highest BCUT2D eigenvalue weighted by Crippen LogP contribution is 2.30. The van der Waals surface area contributed by atoms with Gasteiger partial charge in [-0.25, -0.2) is 0 Å². The lowest BCUT2D eigenvalue weighted by Crippen LogP contribution is -2.54. The molecule has 6 nitrogen and oxygen atoms in total. The van der Waals surface area contributed by atoms with E-state index in [1.54, 1.807) is 4.90 Å². The van der Waals surface area contributed by atoms with Gasteiger partial charge in [0.05, 0.1) is 6.04 Å². The van der Waals surface area contributed by atoms with E-state index in [-0.39, 0.29) is 29.8 Å². The van der Waals surface area contributed by atoms with Crippen LogP contribution in [0.25, 0.3) is 0 Å².